The first-order valence-electron chi connectivity index (χ1n) is 3.81. The molecule has 2 heterocycles. The summed E-state index contributed by atoms with van der Waals surface area (Å²) >= 11 is 1.60. The van der Waals surface area contributed by atoms with Crippen molar-refractivity contribution in [1.29, 1.82) is 0 Å². The topological polar surface area (TPSA) is 56.2 Å². The van der Waals surface area contributed by atoms with Gasteiger partial charge in [0.15, 0.2) is 0 Å². The lowest BCUT2D eigenvalue weighted by Gasteiger charge is -1.91. The molecule has 0 radical (unpaired) electrons. The molecule has 2 aromatic heterocycles. The number of hydrogen-bond donors (Lipinski definition) is 1. The average molecular weight is 182 g/mol. The van der Waals surface area contributed by atoms with E-state index in [1.807, 2.05) is 17.6 Å². The zero-order valence-corrected chi connectivity index (χ0v) is 7.64. The van der Waals surface area contributed by atoms with Gasteiger partial charge in [-0.05, 0) is 13.5 Å². The molecule has 0 aliphatic heterocycles. The fourth-order valence-corrected chi connectivity index (χ4v) is 1.89. The van der Waals surface area contributed by atoms with Crippen molar-refractivity contribution in [2.75, 3.05) is 6.54 Å². The Kier molecular flexibility index (Phi) is 1.82. The number of aromatic nitrogens is 3. The van der Waals surface area contributed by atoms with E-state index in [0.717, 1.165) is 22.1 Å². The molecule has 0 aromatic carbocycles. The molecule has 2 rings (SSSR count). The van der Waals surface area contributed by atoms with Crippen LogP contribution in [0.3, 0.4) is 0 Å². The Morgan fingerprint density at radius 2 is 2.50 bits per heavy atom. The molecule has 0 aliphatic rings. The molecule has 2 N–H and O–H groups in total. The Balaban J connectivity index is 2.53. The summed E-state index contributed by atoms with van der Waals surface area (Å²) in [7, 11) is 0. The minimum Gasteiger partial charge on any atom is -0.330 e. The normalized spacial score (nSPS) is 11.2. The molecule has 2 aromatic rings. The molecule has 0 fully saturated rings. The molecule has 0 saturated heterocycles. The number of nitrogens with zero attached hydrogens (tertiary/aromatic N) is 3. The average Bonchev–Trinajstić information content (AvgIpc) is 2.52. The Morgan fingerprint density at radius 1 is 1.67 bits per heavy atom. The first kappa shape index (κ1) is 7.70. The fraction of sp³-hybridized carbons (Fsp3) is 0.429. The maximum atomic E-state index is 5.45. The van der Waals surface area contributed by atoms with E-state index in [1.54, 1.807) is 11.3 Å². The molecule has 0 unspecified atom stereocenters. The van der Waals surface area contributed by atoms with Crippen molar-refractivity contribution in [2.24, 2.45) is 5.73 Å². The number of aryl methyl sites for hydroxylation is 1. The van der Waals surface area contributed by atoms with Gasteiger partial charge >= 0.3 is 0 Å². The molecular formula is C7H10N4S. The largest absolute Gasteiger partial charge is 0.330 e. The molecule has 0 amide bonds. The summed E-state index contributed by atoms with van der Waals surface area (Å²) in [6.45, 7) is 2.62. The van der Waals surface area contributed by atoms with Crippen LogP contribution in [0.15, 0.2) is 6.20 Å². The van der Waals surface area contributed by atoms with Gasteiger partial charge in [0.1, 0.15) is 5.01 Å². The second-order valence-corrected chi connectivity index (χ2v) is 3.76. The summed E-state index contributed by atoms with van der Waals surface area (Å²) in [6.07, 6.45) is 2.68. The Bertz CT molecular complexity index is 389. The fourth-order valence-electron chi connectivity index (χ4n) is 1.15. The van der Waals surface area contributed by atoms with Gasteiger partial charge in [0.05, 0.1) is 11.9 Å². The van der Waals surface area contributed by atoms with Gasteiger partial charge in [0.25, 0.3) is 0 Å². The second-order valence-electron chi connectivity index (χ2n) is 2.60. The van der Waals surface area contributed by atoms with Crippen LogP contribution in [0, 0.1) is 6.92 Å². The zero-order chi connectivity index (χ0) is 8.55. The summed E-state index contributed by atoms with van der Waals surface area (Å²) in [4.78, 5) is 5.18. The van der Waals surface area contributed by atoms with Crippen LogP contribution in [0.1, 0.15) is 10.7 Å². The molecule has 0 atom stereocenters. The molecule has 0 bridgehead atoms. The highest BCUT2D eigenvalue weighted by Gasteiger charge is 2.05. The third-order valence-corrected chi connectivity index (χ3v) is 2.50. The van der Waals surface area contributed by atoms with Crippen molar-refractivity contribution in [3.63, 3.8) is 0 Å². The minimum atomic E-state index is 0.643. The van der Waals surface area contributed by atoms with Crippen molar-refractivity contribution in [3.8, 4) is 0 Å². The second kappa shape index (κ2) is 2.84. The van der Waals surface area contributed by atoms with Crippen molar-refractivity contribution in [1.82, 2.24) is 14.6 Å². The van der Waals surface area contributed by atoms with E-state index in [9.17, 15) is 0 Å². The molecule has 0 aliphatic carbocycles. The van der Waals surface area contributed by atoms with Gasteiger partial charge < -0.3 is 5.73 Å². The van der Waals surface area contributed by atoms with Gasteiger partial charge in [0.2, 0.25) is 4.96 Å². The number of nitrogens with two attached hydrogens (primary N) is 1. The molecule has 5 heteroatoms. The highest BCUT2D eigenvalue weighted by atomic mass is 32.1. The highest BCUT2D eigenvalue weighted by molar-refractivity contribution is 7.16. The lowest BCUT2D eigenvalue weighted by atomic mass is 10.3. The van der Waals surface area contributed by atoms with Crippen LogP contribution < -0.4 is 5.73 Å². The number of fused-ring (bicyclic) bond motifs is 1. The maximum Gasteiger partial charge on any atom is 0.212 e. The minimum absolute atomic E-state index is 0.643. The van der Waals surface area contributed by atoms with Crippen molar-refractivity contribution in [2.45, 2.75) is 13.3 Å². The van der Waals surface area contributed by atoms with Gasteiger partial charge in [-0.2, -0.15) is 5.10 Å². The first-order valence-corrected chi connectivity index (χ1v) is 4.63. The van der Waals surface area contributed by atoms with Crippen molar-refractivity contribution >= 4 is 16.3 Å². The molecule has 12 heavy (non-hydrogen) atoms. The Labute approximate surface area is 74.0 Å². The lowest BCUT2D eigenvalue weighted by Crippen LogP contribution is -2.05. The first-order chi connectivity index (χ1) is 5.81. The molecular weight excluding hydrogens is 172 g/mol. The summed E-state index contributed by atoms with van der Waals surface area (Å²) in [5.41, 5.74) is 6.55. The third kappa shape index (κ3) is 1.11. The standard InChI is InChI=1S/C7H10N4S/c1-5-10-11-6(2-3-8)4-9-7(11)12-5/h4H,2-3,8H2,1H3. The Hall–Kier alpha value is -0.940. The van der Waals surface area contributed by atoms with Crippen LogP contribution in [-0.2, 0) is 6.42 Å². The number of hydrogen-bond acceptors (Lipinski definition) is 4. The van der Waals surface area contributed by atoms with Crippen LogP contribution in [0.2, 0.25) is 0 Å². The van der Waals surface area contributed by atoms with E-state index in [-0.39, 0.29) is 0 Å². The van der Waals surface area contributed by atoms with Crippen molar-refractivity contribution in [3.05, 3.63) is 16.9 Å². The maximum absolute atomic E-state index is 5.45. The predicted molar refractivity (Wildman–Crippen MR) is 48.4 cm³/mol. The number of rotatable bonds is 2. The van der Waals surface area contributed by atoms with Gasteiger partial charge in [-0.1, -0.05) is 11.3 Å². The van der Waals surface area contributed by atoms with Gasteiger partial charge in [-0.3, -0.25) is 0 Å². The van der Waals surface area contributed by atoms with Crippen LogP contribution in [0.25, 0.3) is 4.96 Å². The quantitative estimate of drug-likeness (QED) is 0.740. The number of imidazole rings is 1. The van der Waals surface area contributed by atoms with E-state index in [2.05, 4.69) is 10.1 Å². The van der Waals surface area contributed by atoms with E-state index < -0.39 is 0 Å². The summed E-state index contributed by atoms with van der Waals surface area (Å²) in [5.74, 6) is 0. The predicted octanol–water partition coefficient (Wildman–Crippen LogP) is 0.600. The molecule has 64 valence electrons. The highest BCUT2D eigenvalue weighted by Crippen LogP contribution is 2.14. The van der Waals surface area contributed by atoms with Gasteiger partial charge in [-0.15, -0.1) is 0 Å². The van der Waals surface area contributed by atoms with Crippen LogP contribution in [-0.4, -0.2) is 21.1 Å². The van der Waals surface area contributed by atoms with E-state index in [0.29, 0.717) is 6.54 Å². The molecule has 4 nitrogen and oxygen atoms in total. The summed E-state index contributed by atoms with van der Waals surface area (Å²) in [6, 6.07) is 0. The van der Waals surface area contributed by atoms with Crippen LogP contribution in [0.5, 0.6) is 0 Å². The van der Waals surface area contributed by atoms with Crippen LogP contribution >= 0.6 is 11.3 Å². The van der Waals surface area contributed by atoms with E-state index in [1.165, 1.54) is 0 Å². The van der Waals surface area contributed by atoms with Crippen LogP contribution in [0.4, 0.5) is 0 Å². The molecule has 0 spiro atoms. The molecule has 0 saturated carbocycles. The van der Waals surface area contributed by atoms with Gasteiger partial charge in [-0.25, -0.2) is 9.50 Å². The summed E-state index contributed by atoms with van der Waals surface area (Å²) in [5, 5.41) is 5.35. The third-order valence-electron chi connectivity index (χ3n) is 1.66. The summed E-state index contributed by atoms with van der Waals surface area (Å²) < 4.78 is 1.87. The smallest absolute Gasteiger partial charge is 0.212 e. The SMILES string of the molecule is Cc1nn2c(CCN)cnc2s1. The van der Waals surface area contributed by atoms with Gasteiger partial charge in [0, 0.05) is 6.42 Å². The Morgan fingerprint density at radius 3 is 3.25 bits per heavy atom. The van der Waals surface area contributed by atoms with E-state index in [4.69, 9.17) is 5.73 Å². The van der Waals surface area contributed by atoms with E-state index >= 15 is 0 Å². The monoisotopic (exact) mass is 182 g/mol. The van der Waals surface area contributed by atoms with Crippen molar-refractivity contribution < 1.29 is 0 Å². The lowest BCUT2D eigenvalue weighted by molar-refractivity contribution is 0.832. The zero-order valence-electron chi connectivity index (χ0n) is 6.82.